The van der Waals surface area contributed by atoms with E-state index in [2.05, 4.69) is 6.58 Å². The molecule has 0 aromatic rings. The number of halogens is 1. The van der Waals surface area contributed by atoms with Gasteiger partial charge in [-0.1, -0.05) is 6.58 Å². The molecule has 0 saturated heterocycles. The van der Waals surface area contributed by atoms with Crippen LogP contribution in [0.1, 0.15) is 33.6 Å². The fraction of sp³-hybridized carbons (Fsp3) is 0.700. The topological polar surface area (TPSA) is 52.3 Å². The van der Waals surface area contributed by atoms with Crippen LogP contribution in [-0.2, 0) is 9.53 Å². The number of carbonyl (C=O) groups is 1. The van der Waals surface area contributed by atoms with Crippen molar-refractivity contribution in [2.24, 2.45) is 5.73 Å². The standard InChI is InChI=1S/C10H18FNO2/c1-7(11)5-8(12)6-9(13)14-10(2,3)4/h8H,1,5-6,12H2,2-4H3. The Morgan fingerprint density at radius 2 is 2.00 bits per heavy atom. The summed E-state index contributed by atoms with van der Waals surface area (Å²) in [6.07, 6.45) is 0.0133. The number of ether oxygens (including phenoxy) is 1. The molecule has 0 aromatic carbocycles. The zero-order valence-corrected chi connectivity index (χ0v) is 8.97. The summed E-state index contributed by atoms with van der Waals surface area (Å²) in [5, 5.41) is 0. The van der Waals surface area contributed by atoms with E-state index in [-0.39, 0.29) is 12.8 Å². The fourth-order valence-electron chi connectivity index (χ4n) is 0.954. The monoisotopic (exact) mass is 203 g/mol. The first-order valence-electron chi connectivity index (χ1n) is 4.51. The Labute approximate surface area is 84.1 Å². The zero-order chi connectivity index (χ0) is 11.4. The van der Waals surface area contributed by atoms with E-state index in [1.165, 1.54) is 0 Å². The van der Waals surface area contributed by atoms with Crippen LogP contribution >= 0.6 is 0 Å². The van der Waals surface area contributed by atoms with Crippen LogP contribution in [0.25, 0.3) is 0 Å². The maximum Gasteiger partial charge on any atom is 0.307 e. The highest BCUT2D eigenvalue weighted by Gasteiger charge is 2.18. The smallest absolute Gasteiger partial charge is 0.307 e. The first kappa shape index (κ1) is 13.1. The highest BCUT2D eigenvalue weighted by molar-refractivity contribution is 5.70. The number of rotatable bonds is 4. The maximum absolute atomic E-state index is 12.3. The summed E-state index contributed by atoms with van der Waals surface area (Å²) in [6.45, 7) is 8.38. The molecule has 0 fully saturated rings. The van der Waals surface area contributed by atoms with E-state index in [1.54, 1.807) is 20.8 Å². The van der Waals surface area contributed by atoms with E-state index >= 15 is 0 Å². The van der Waals surface area contributed by atoms with Crippen LogP contribution in [0.3, 0.4) is 0 Å². The molecular weight excluding hydrogens is 185 g/mol. The molecule has 0 rings (SSSR count). The minimum absolute atomic E-state index is 0.000751. The van der Waals surface area contributed by atoms with Gasteiger partial charge in [0.05, 0.1) is 12.2 Å². The third kappa shape index (κ3) is 7.73. The summed E-state index contributed by atoms with van der Waals surface area (Å²) in [5.74, 6) is -0.924. The number of esters is 1. The average molecular weight is 203 g/mol. The second-order valence-corrected chi connectivity index (χ2v) is 4.27. The lowest BCUT2D eigenvalue weighted by molar-refractivity contribution is -0.155. The molecule has 0 aliphatic rings. The highest BCUT2D eigenvalue weighted by Crippen LogP contribution is 2.11. The van der Waals surface area contributed by atoms with Crippen LogP contribution < -0.4 is 5.73 Å². The van der Waals surface area contributed by atoms with Gasteiger partial charge in [-0.15, -0.1) is 0 Å². The van der Waals surface area contributed by atoms with Gasteiger partial charge in [0.25, 0.3) is 0 Å². The maximum atomic E-state index is 12.3. The Bertz CT molecular complexity index is 221. The second-order valence-electron chi connectivity index (χ2n) is 4.27. The van der Waals surface area contributed by atoms with E-state index in [1.807, 2.05) is 0 Å². The number of hydrogen-bond acceptors (Lipinski definition) is 3. The fourth-order valence-corrected chi connectivity index (χ4v) is 0.954. The van der Waals surface area contributed by atoms with Gasteiger partial charge in [0.2, 0.25) is 0 Å². The van der Waals surface area contributed by atoms with Gasteiger partial charge >= 0.3 is 5.97 Å². The van der Waals surface area contributed by atoms with Gasteiger partial charge in [-0.3, -0.25) is 4.79 Å². The number of hydrogen-bond donors (Lipinski definition) is 1. The summed E-state index contributed by atoms with van der Waals surface area (Å²) in [6, 6.07) is -0.553. The summed E-state index contributed by atoms with van der Waals surface area (Å²) in [5.41, 5.74) is 4.97. The quantitative estimate of drug-likeness (QED) is 0.710. The van der Waals surface area contributed by atoms with Crippen molar-refractivity contribution >= 4 is 5.97 Å². The Morgan fingerprint density at radius 3 is 2.36 bits per heavy atom. The van der Waals surface area contributed by atoms with Gasteiger partial charge in [-0.2, -0.15) is 0 Å². The van der Waals surface area contributed by atoms with Crippen molar-refractivity contribution in [3.8, 4) is 0 Å². The predicted octanol–water partition coefficient (Wildman–Crippen LogP) is 1.92. The lowest BCUT2D eigenvalue weighted by Crippen LogP contribution is -2.30. The largest absolute Gasteiger partial charge is 0.460 e. The molecule has 2 N–H and O–H groups in total. The van der Waals surface area contributed by atoms with E-state index < -0.39 is 23.4 Å². The van der Waals surface area contributed by atoms with Crippen molar-refractivity contribution in [2.45, 2.75) is 45.3 Å². The molecule has 4 heteroatoms. The van der Waals surface area contributed by atoms with Crippen molar-refractivity contribution in [3.05, 3.63) is 12.4 Å². The molecule has 0 aromatic heterocycles. The minimum Gasteiger partial charge on any atom is -0.460 e. The minimum atomic E-state index is -0.553. The normalized spacial score (nSPS) is 13.5. The average Bonchev–Trinajstić information content (AvgIpc) is 1.77. The molecule has 0 heterocycles. The van der Waals surface area contributed by atoms with Crippen molar-refractivity contribution in [3.63, 3.8) is 0 Å². The van der Waals surface area contributed by atoms with Crippen molar-refractivity contribution in [1.29, 1.82) is 0 Å². The van der Waals surface area contributed by atoms with Gasteiger partial charge in [0, 0.05) is 12.5 Å². The molecule has 0 bridgehead atoms. The Balaban J connectivity index is 3.89. The van der Waals surface area contributed by atoms with Crippen LogP contribution in [0, 0.1) is 0 Å². The van der Waals surface area contributed by atoms with E-state index in [4.69, 9.17) is 10.5 Å². The summed E-state index contributed by atoms with van der Waals surface area (Å²) >= 11 is 0. The first-order chi connectivity index (χ1) is 6.20. The van der Waals surface area contributed by atoms with Gasteiger partial charge in [0.1, 0.15) is 5.60 Å². The van der Waals surface area contributed by atoms with Crippen molar-refractivity contribution < 1.29 is 13.9 Å². The molecule has 0 radical (unpaired) electrons. The van der Waals surface area contributed by atoms with Gasteiger partial charge < -0.3 is 10.5 Å². The third-order valence-electron chi connectivity index (χ3n) is 1.33. The predicted molar refractivity (Wildman–Crippen MR) is 53.3 cm³/mol. The van der Waals surface area contributed by atoms with E-state index in [0.29, 0.717) is 0 Å². The zero-order valence-electron chi connectivity index (χ0n) is 8.97. The lowest BCUT2D eigenvalue weighted by atomic mass is 10.1. The summed E-state index contributed by atoms with van der Waals surface area (Å²) in [7, 11) is 0. The van der Waals surface area contributed by atoms with Crippen LogP contribution in [0.5, 0.6) is 0 Å². The van der Waals surface area contributed by atoms with Gasteiger partial charge in [0.15, 0.2) is 0 Å². The summed E-state index contributed by atoms with van der Waals surface area (Å²) in [4.78, 5) is 11.2. The van der Waals surface area contributed by atoms with Crippen LogP contribution in [0.15, 0.2) is 12.4 Å². The van der Waals surface area contributed by atoms with Crippen molar-refractivity contribution in [1.82, 2.24) is 0 Å². The Hall–Kier alpha value is -0.900. The molecule has 0 aliphatic carbocycles. The molecule has 0 amide bonds. The van der Waals surface area contributed by atoms with E-state index in [9.17, 15) is 9.18 Å². The molecule has 1 unspecified atom stereocenters. The molecule has 0 saturated carbocycles. The Morgan fingerprint density at radius 1 is 1.50 bits per heavy atom. The number of nitrogens with two attached hydrogens (primary N) is 1. The molecule has 14 heavy (non-hydrogen) atoms. The van der Waals surface area contributed by atoms with Gasteiger partial charge in [-0.25, -0.2) is 4.39 Å². The molecule has 0 spiro atoms. The molecule has 82 valence electrons. The number of carbonyl (C=O) groups excluding carboxylic acids is 1. The second kappa shape index (κ2) is 5.10. The summed E-state index contributed by atoms with van der Waals surface area (Å²) < 4.78 is 17.3. The third-order valence-corrected chi connectivity index (χ3v) is 1.33. The first-order valence-corrected chi connectivity index (χ1v) is 4.51. The lowest BCUT2D eigenvalue weighted by Gasteiger charge is -2.20. The van der Waals surface area contributed by atoms with E-state index in [0.717, 1.165) is 0 Å². The highest BCUT2D eigenvalue weighted by atomic mass is 19.1. The van der Waals surface area contributed by atoms with Gasteiger partial charge in [-0.05, 0) is 20.8 Å². The molecular formula is C10H18FNO2. The molecule has 3 nitrogen and oxygen atoms in total. The van der Waals surface area contributed by atoms with Crippen LogP contribution in [0.2, 0.25) is 0 Å². The van der Waals surface area contributed by atoms with Crippen molar-refractivity contribution in [2.75, 3.05) is 0 Å². The Kier molecular flexibility index (Phi) is 4.77. The molecule has 1 atom stereocenters. The van der Waals surface area contributed by atoms with Crippen LogP contribution in [-0.4, -0.2) is 17.6 Å². The molecule has 0 aliphatic heterocycles. The SMILES string of the molecule is C=C(F)CC(N)CC(=O)OC(C)(C)C. The van der Waals surface area contributed by atoms with Crippen LogP contribution in [0.4, 0.5) is 4.39 Å².